The molecule has 1 heterocycles. The minimum atomic E-state index is -0.431. The molecular weight excluding hydrogens is 225 g/mol. The van der Waals surface area contributed by atoms with E-state index in [0.717, 1.165) is 31.0 Å². The van der Waals surface area contributed by atoms with Crippen LogP contribution in [-0.2, 0) is 4.74 Å². The topological polar surface area (TPSA) is 33.0 Å². The molecule has 4 heteroatoms. The van der Waals surface area contributed by atoms with E-state index in [9.17, 15) is 4.39 Å². The molecular formula is C12H12FNOS. The van der Waals surface area contributed by atoms with Gasteiger partial charge in [0.25, 0.3) is 0 Å². The van der Waals surface area contributed by atoms with Crippen molar-refractivity contribution in [3.63, 3.8) is 0 Å². The Morgan fingerprint density at radius 2 is 2.12 bits per heavy atom. The number of nitriles is 1. The van der Waals surface area contributed by atoms with Crippen LogP contribution in [0.5, 0.6) is 0 Å². The minimum Gasteiger partial charge on any atom is -0.381 e. The Morgan fingerprint density at radius 3 is 2.81 bits per heavy atom. The zero-order valence-corrected chi connectivity index (χ0v) is 9.60. The first-order valence-corrected chi connectivity index (χ1v) is 6.12. The lowest BCUT2D eigenvalue weighted by Crippen LogP contribution is -2.17. The second-order valence-corrected chi connectivity index (χ2v) is 5.00. The molecule has 0 amide bonds. The number of nitrogens with zero attached hydrogens (tertiary/aromatic N) is 1. The lowest BCUT2D eigenvalue weighted by Gasteiger charge is -2.21. The van der Waals surface area contributed by atoms with Crippen LogP contribution in [0.1, 0.15) is 18.4 Å². The van der Waals surface area contributed by atoms with E-state index < -0.39 is 5.82 Å². The summed E-state index contributed by atoms with van der Waals surface area (Å²) in [5.74, 6) is -0.431. The fourth-order valence-electron chi connectivity index (χ4n) is 1.68. The van der Waals surface area contributed by atoms with Crippen molar-refractivity contribution in [1.82, 2.24) is 0 Å². The maximum absolute atomic E-state index is 13.3. The van der Waals surface area contributed by atoms with Crippen LogP contribution in [0.3, 0.4) is 0 Å². The zero-order valence-electron chi connectivity index (χ0n) is 8.78. The van der Waals surface area contributed by atoms with Crippen LogP contribution in [0.15, 0.2) is 23.1 Å². The molecule has 16 heavy (non-hydrogen) atoms. The molecule has 84 valence electrons. The fourth-order valence-corrected chi connectivity index (χ4v) is 2.89. The molecule has 0 aromatic heterocycles. The standard InChI is InChI=1S/C12H12FNOS/c13-11-2-1-3-12(10(11)8-14)16-9-4-6-15-7-5-9/h1-3,9H,4-7H2. The quantitative estimate of drug-likeness (QED) is 0.792. The summed E-state index contributed by atoms with van der Waals surface area (Å²) < 4.78 is 18.6. The van der Waals surface area contributed by atoms with Crippen molar-refractivity contribution in [3.05, 3.63) is 29.6 Å². The maximum Gasteiger partial charge on any atom is 0.142 e. The summed E-state index contributed by atoms with van der Waals surface area (Å²) in [6.07, 6.45) is 1.93. The molecule has 0 radical (unpaired) electrons. The van der Waals surface area contributed by atoms with Crippen molar-refractivity contribution in [1.29, 1.82) is 5.26 Å². The summed E-state index contributed by atoms with van der Waals surface area (Å²) in [5, 5.41) is 9.33. The zero-order chi connectivity index (χ0) is 11.4. The third-order valence-corrected chi connectivity index (χ3v) is 3.95. The lowest BCUT2D eigenvalue weighted by molar-refractivity contribution is 0.100. The maximum atomic E-state index is 13.3. The molecule has 0 aliphatic carbocycles. The highest BCUT2D eigenvalue weighted by atomic mass is 32.2. The van der Waals surface area contributed by atoms with Gasteiger partial charge in [-0.1, -0.05) is 6.07 Å². The van der Waals surface area contributed by atoms with Crippen molar-refractivity contribution in [3.8, 4) is 6.07 Å². The molecule has 1 aromatic carbocycles. The third kappa shape index (κ3) is 2.55. The minimum absolute atomic E-state index is 0.166. The van der Waals surface area contributed by atoms with Gasteiger partial charge in [-0.05, 0) is 25.0 Å². The smallest absolute Gasteiger partial charge is 0.142 e. The summed E-state index contributed by atoms with van der Waals surface area (Å²) in [6, 6.07) is 6.71. The summed E-state index contributed by atoms with van der Waals surface area (Å²) in [6.45, 7) is 1.52. The average Bonchev–Trinajstić information content (AvgIpc) is 2.31. The van der Waals surface area contributed by atoms with E-state index in [1.807, 2.05) is 12.1 Å². The molecule has 0 spiro atoms. The normalized spacial score (nSPS) is 17.0. The summed E-state index contributed by atoms with van der Waals surface area (Å²) in [4.78, 5) is 0.745. The predicted octanol–water partition coefficient (Wildman–Crippen LogP) is 2.97. The molecule has 2 nitrogen and oxygen atoms in total. The number of benzene rings is 1. The molecule has 1 aliphatic rings. The van der Waals surface area contributed by atoms with E-state index in [2.05, 4.69) is 0 Å². The van der Waals surface area contributed by atoms with Gasteiger partial charge in [-0.2, -0.15) is 5.26 Å². The van der Waals surface area contributed by atoms with Crippen molar-refractivity contribution in [2.24, 2.45) is 0 Å². The number of hydrogen-bond donors (Lipinski definition) is 0. The Labute approximate surface area is 98.4 Å². The van der Waals surface area contributed by atoms with E-state index >= 15 is 0 Å². The first-order valence-electron chi connectivity index (χ1n) is 5.24. The Bertz CT molecular complexity index is 410. The first kappa shape index (κ1) is 11.4. The highest BCUT2D eigenvalue weighted by Gasteiger charge is 2.17. The van der Waals surface area contributed by atoms with Crippen molar-refractivity contribution >= 4 is 11.8 Å². The van der Waals surface area contributed by atoms with Crippen molar-refractivity contribution < 1.29 is 9.13 Å². The molecule has 0 atom stereocenters. The molecule has 2 rings (SSSR count). The van der Waals surface area contributed by atoms with Crippen LogP contribution in [0.4, 0.5) is 4.39 Å². The number of thioether (sulfide) groups is 1. The summed E-state index contributed by atoms with van der Waals surface area (Å²) >= 11 is 1.59. The molecule has 0 N–H and O–H groups in total. The molecule has 0 bridgehead atoms. The van der Waals surface area contributed by atoms with E-state index in [1.165, 1.54) is 6.07 Å². The fraction of sp³-hybridized carbons (Fsp3) is 0.417. The van der Waals surface area contributed by atoms with Crippen LogP contribution >= 0.6 is 11.8 Å². The van der Waals surface area contributed by atoms with Gasteiger partial charge in [-0.15, -0.1) is 11.8 Å². The van der Waals surface area contributed by atoms with E-state index in [4.69, 9.17) is 10.00 Å². The van der Waals surface area contributed by atoms with Gasteiger partial charge in [0.15, 0.2) is 0 Å². The first-order chi connectivity index (χ1) is 7.81. The van der Waals surface area contributed by atoms with Crippen LogP contribution in [-0.4, -0.2) is 18.5 Å². The number of rotatable bonds is 2. The SMILES string of the molecule is N#Cc1c(F)cccc1SC1CCOCC1. The number of halogens is 1. The van der Waals surface area contributed by atoms with Crippen LogP contribution in [0, 0.1) is 17.1 Å². The van der Waals surface area contributed by atoms with Gasteiger partial charge in [0, 0.05) is 23.4 Å². The van der Waals surface area contributed by atoms with Gasteiger partial charge in [0.05, 0.1) is 0 Å². The lowest BCUT2D eigenvalue weighted by atomic mass is 10.2. The predicted molar refractivity (Wildman–Crippen MR) is 60.8 cm³/mol. The molecule has 0 saturated carbocycles. The number of ether oxygens (including phenoxy) is 1. The van der Waals surface area contributed by atoms with E-state index in [1.54, 1.807) is 17.8 Å². The average molecular weight is 237 g/mol. The third-order valence-electron chi connectivity index (χ3n) is 2.55. The van der Waals surface area contributed by atoms with Gasteiger partial charge < -0.3 is 4.74 Å². The summed E-state index contributed by atoms with van der Waals surface area (Å²) in [5.41, 5.74) is 0.166. The Hall–Kier alpha value is -1.05. The monoisotopic (exact) mass is 237 g/mol. The summed E-state index contributed by atoms with van der Waals surface area (Å²) in [7, 11) is 0. The van der Waals surface area contributed by atoms with Gasteiger partial charge >= 0.3 is 0 Å². The van der Waals surface area contributed by atoms with Gasteiger partial charge in [0.1, 0.15) is 17.4 Å². The molecule has 0 unspecified atom stereocenters. The van der Waals surface area contributed by atoms with E-state index in [0.29, 0.717) is 5.25 Å². The van der Waals surface area contributed by atoms with Crippen LogP contribution in [0.25, 0.3) is 0 Å². The van der Waals surface area contributed by atoms with Crippen molar-refractivity contribution in [2.45, 2.75) is 23.0 Å². The van der Waals surface area contributed by atoms with Crippen molar-refractivity contribution in [2.75, 3.05) is 13.2 Å². The molecule has 1 fully saturated rings. The van der Waals surface area contributed by atoms with Gasteiger partial charge in [-0.25, -0.2) is 4.39 Å². The van der Waals surface area contributed by atoms with Gasteiger partial charge in [-0.3, -0.25) is 0 Å². The Balaban J connectivity index is 2.14. The number of hydrogen-bond acceptors (Lipinski definition) is 3. The molecule has 1 aliphatic heterocycles. The highest BCUT2D eigenvalue weighted by molar-refractivity contribution is 8.00. The Morgan fingerprint density at radius 1 is 1.38 bits per heavy atom. The largest absolute Gasteiger partial charge is 0.381 e. The van der Waals surface area contributed by atoms with Gasteiger partial charge in [0.2, 0.25) is 0 Å². The van der Waals surface area contributed by atoms with Crippen LogP contribution < -0.4 is 0 Å². The van der Waals surface area contributed by atoms with Crippen LogP contribution in [0.2, 0.25) is 0 Å². The molecule has 1 saturated heterocycles. The Kier molecular flexibility index (Phi) is 3.81. The second-order valence-electron chi connectivity index (χ2n) is 3.65. The highest BCUT2D eigenvalue weighted by Crippen LogP contribution is 2.32. The van der Waals surface area contributed by atoms with E-state index in [-0.39, 0.29) is 5.56 Å². The second kappa shape index (κ2) is 5.33. The molecule has 1 aromatic rings.